The molecular formula is C9H18O3S. The van der Waals surface area contributed by atoms with E-state index in [1.54, 1.807) is 27.7 Å². The van der Waals surface area contributed by atoms with Crippen LogP contribution in [0.4, 0.5) is 0 Å². The maximum Gasteiger partial charge on any atom is 0.159 e. The molecule has 0 spiro atoms. The average molecular weight is 206 g/mol. The second-order valence-corrected chi connectivity index (χ2v) is 6.82. The summed E-state index contributed by atoms with van der Waals surface area (Å²) < 4.78 is 22.7. The van der Waals surface area contributed by atoms with Gasteiger partial charge in [0.2, 0.25) is 0 Å². The molecule has 0 aliphatic carbocycles. The molecule has 0 aliphatic heterocycles. The summed E-state index contributed by atoms with van der Waals surface area (Å²) in [6.07, 6.45) is 0. The molecule has 0 radical (unpaired) electrons. The minimum absolute atomic E-state index is 0.0238. The molecule has 0 N–H and O–H groups in total. The minimum atomic E-state index is -3.23. The Morgan fingerprint density at radius 3 is 1.92 bits per heavy atom. The van der Waals surface area contributed by atoms with Gasteiger partial charge in [0.15, 0.2) is 15.6 Å². The van der Waals surface area contributed by atoms with E-state index >= 15 is 0 Å². The van der Waals surface area contributed by atoms with Crippen LogP contribution in [0.5, 0.6) is 0 Å². The van der Waals surface area contributed by atoms with E-state index in [9.17, 15) is 13.2 Å². The third-order valence-electron chi connectivity index (χ3n) is 2.05. The monoisotopic (exact) mass is 206 g/mol. The van der Waals surface area contributed by atoms with Crippen molar-refractivity contribution in [2.75, 3.05) is 5.75 Å². The number of ketones is 1. The van der Waals surface area contributed by atoms with Gasteiger partial charge < -0.3 is 0 Å². The maximum absolute atomic E-state index is 11.6. The van der Waals surface area contributed by atoms with Gasteiger partial charge in [0.25, 0.3) is 0 Å². The Morgan fingerprint density at radius 2 is 1.69 bits per heavy atom. The lowest BCUT2D eigenvalue weighted by Crippen LogP contribution is -2.36. The summed E-state index contributed by atoms with van der Waals surface area (Å²) in [5.74, 6) is -0.190. The van der Waals surface area contributed by atoms with Crippen molar-refractivity contribution in [1.82, 2.24) is 0 Å². The van der Waals surface area contributed by atoms with Crippen molar-refractivity contribution in [3.63, 3.8) is 0 Å². The van der Waals surface area contributed by atoms with Gasteiger partial charge in [0.1, 0.15) is 5.25 Å². The number of sulfone groups is 1. The number of rotatable bonds is 3. The zero-order valence-corrected chi connectivity index (χ0v) is 9.73. The Morgan fingerprint density at radius 1 is 1.31 bits per heavy atom. The van der Waals surface area contributed by atoms with Gasteiger partial charge in [-0.25, -0.2) is 8.42 Å². The lowest BCUT2D eigenvalue weighted by molar-refractivity contribution is -0.125. The molecule has 0 aromatic heterocycles. The second kappa shape index (κ2) is 3.78. The Bertz CT molecular complexity index is 282. The van der Waals surface area contributed by atoms with Gasteiger partial charge in [-0.1, -0.05) is 27.7 Å². The molecule has 0 heterocycles. The Balaban J connectivity index is 4.84. The van der Waals surface area contributed by atoms with Gasteiger partial charge in [-0.3, -0.25) is 4.79 Å². The lowest BCUT2D eigenvalue weighted by atomic mass is 9.89. The predicted octanol–water partition coefficient (Wildman–Crippen LogP) is 1.42. The number of Topliss-reactive ketones (excluding diaryl/α,β-unsaturated/α-hetero) is 1. The predicted molar refractivity (Wildman–Crippen MR) is 53.4 cm³/mol. The van der Waals surface area contributed by atoms with Crippen LogP contribution in [0, 0.1) is 5.41 Å². The van der Waals surface area contributed by atoms with Crippen molar-refractivity contribution < 1.29 is 13.2 Å². The molecule has 78 valence electrons. The largest absolute Gasteiger partial charge is 0.298 e. The van der Waals surface area contributed by atoms with E-state index in [1.165, 1.54) is 6.92 Å². The van der Waals surface area contributed by atoms with Gasteiger partial charge in [-0.15, -0.1) is 0 Å². The van der Waals surface area contributed by atoms with Crippen LogP contribution in [0.15, 0.2) is 0 Å². The van der Waals surface area contributed by atoms with Crippen LogP contribution in [-0.2, 0) is 14.6 Å². The number of carbonyl (C=O) groups is 1. The summed E-state index contributed by atoms with van der Waals surface area (Å²) in [6.45, 7) is 8.22. The van der Waals surface area contributed by atoms with Crippen LogP contribution in [0.3, 0.4) is 0 Å². The highest BCUT2D eigenvalue weighted by Crippen LogP contribution is 2.20. The first-order chi connectivity index (χ1) is 5.63. The number of hydrogen-bond acceptors (Lipinski definition) is 3. The Hall–Kier alpha value is -0.380. The topological polar surface area (TPSA) is 51.2 Å². The molecule has 0 saturated heterocycles. The van der Waals surface area contributed by atoms with E-state index in [4.69, 9.17) is 0 Å². The summed E-state index contributed by atoms with van der Waals surface area (Å²) >= 11 is 0. The molecular weight excluding hydrogens is 188 g/mol. The molecule has 1 unspecified atom stereocenters. The first kappa shape index (κ1) is 12.6. The zero-order valence-electron chi connectivity index (χ0n) is 8.92. The first-order valence-corrected chi connectivity index (χ1v) is 6.10. The van der Waals surface area contributed by atoms with Crippen LogP contribution < -0.4 is 0 Å². The third kappa shape index (κ3) is 3.10. The van der Waals surface area contributed by atoms with Crippen LogP contribution >= 0.6 is 0 Å². The van der Waals surface area contributed by atoms with Crippen molar-refractivity contribution in [2.45, 2.75) is 39.9 Å². The van der Waals surface area contributed by atoms with Crippen molar-refractivity contribution in [2.24, 2.45) is 5.41 Å². The standard InChI is InChI=1S/C9H18O3S/c1-6-13(11,12)7(2)8(10)9(3,4)5/h7H,6H2,1-5H3. The molecule has 0 bridgehead atoms. The average Bonchev–Trinajstić information content (AvgIpc) is 2.00. The van der Waals surface area contributed by atoms with Crippen molar-refractivity contribution in [3.8, 4) is 0 Å². The van der Waals surface area contributed by atoms with Crippen LogP contribution in [0.25, 0.3) is 0 Å². The summed E-state index contributed by atoms with van der Waals surface area (Å²) in [7, 11) is -3.23. The summed E-state index contributed by atoms with van der Waals surface area (Å²) in [5.41, 5.74) is -0.582. The highest BCUT2D eigenvalue weighted by Gasteiger charge is 2.33. The third-order valence-corrected chi connectivity index (χ3v) is 4.15. The normalized spacial score (nSPS) is 15.5. The SMILES string of the molecule is CCS(=O)(=O)C(C)C(=O)C(C)(C)C. The molecule has 0 amide bonds. The molecule has 3 nitrogen and oxygen atoms in total. The van der Waals surface area contributed by atoms with Crippen LogP contribution in [-0.4, -0.2) is 25.2 Å². The molecule has 0 aromatic carbocycles. The lowest BCUT2D eigenvalue weighted by Gasteiger charge is -2.21. The Kier molecular flexibility index (Phi) is 3.67. The molecule has 1 atom stereocenters. The molecule has 4 heteroatoms. The van der Waals surface area contributed by atoms with Crippen molar-refractivity contribution in [1.29, 1.82) is 0 Å². The summed E-state index contributed by atoms with van der Waals surface area (Å²) in [6, 6.07) is 0. The van der Waals surface area contributed by atoms with E-state index in [-0.39, 0.29) is 11.5 Å². The van der Waals surface area contributed by atoms with E-state index in [0.717, 1.165) is 0 Å². The van der Waals surface area contributed by atoms with Gasteiger partial charge in [-0.2, -0.15) is 0 Å². The van der Waals surface area contributed by atoms with Crippen molar-refractivity contribution in [3.05, 3.63) is 0 Å². The van der Waals surface area contributed by atoms with E-state index in [2.05, 4.69) is 0 Å². The summed E-state index contributed by atoms with van der Waals surface area (Å²) in [4.78, 5) is 11.6. The van der Waals surface area contributed by atoms with Crippen LogP contribution in [0.1, 0.15) is 34.6 Å². The molecule has 0 rings (SSSR count). The van der Waals surface area contributed by atoms with E-state index < -0.39 is 20.5 Å². The van der Waals surface area contributed by atoms with E-state index in [0.29, 0.717) is 0 Å². The fraction of sp³-hybridized carbons (Fsp3) is 0.889. The number of hydrogen-bond donors (Lipinski definition) is 0. The second-order valence-electron chi connectivity index (χ2n) is 4.21. The molecule has 13 heavy (non-hydrogen) atoms. The minimum Gasteiger partial charge on any atom is -0.298 e. The van der Waals surface area contributed by atoms with Gasteiger partial charge in [-0.05, 0) is 6.92 Å². The maximum atomic E-state index is 11.6. The fourth-order valence-electron chi connectivity index (χ4n) is 1.02. The van der Waals surface area contributed by atoms with Crippen molar-refractivity contribution >= 4 is 15.6 Å². The highest BCUT2D eigenvalue weighted by atomic mass is 32.2. The molecule has 0 aliphatic rings. The first-order valence-electron chi connectivity index (χ1n) is 4.38. The van der Waals surface area contributed by atoms with Gasteiger partial charge >= 0.3 is 0 Å². The molecule has 0 saturated carbocycles. The zero-order chi connectivity index (χ0) is 10.9. The quantitative estimate of drug-likeness (QED) is 0.701. The fourth-order valence-corrected chi connectivity index (χ4v) is 2.20. The Labute approximate surface area is 80.4 Å². The molecule has 0 fully saturated rings. The number of carbonyl (C=O) groups excluding carboxylic acids is 1. The molecule has 0 aromatic rings. The highest BCUT2D eigenvalue weighted by molar-refractivity contribution is 7.92. The van der Waals surface area contributed by atoms with Gasteiger partial charge in [0, 0.05) is 11.2 Å². The smallest absolute Gasteiger partial charge is 0.159 e. The van der Waals surface area contributed by atoms with Crippen LogP contribution in [0.2, 0.25) is 0 Å². The van der Waals surface area contributed by atoms with E-state index in [1.807, 2.05) is 0 Å². The van der Waals surface area contributed by atoms with Gasteiger partial charge in [0.05, 0.1) is 0 Å². The summed E-state index contributed by atoms with van der Waals surface area (Å²) in [5, 5.41) is -0.877.